The van der Waals surface area contributed by atoms with Gasteiger partial charge in [0.1, 0.15) is 11.4 Å². The summed E-state index contributed by atoms with van der Waals surface area (Å²) in [6.07, 6.45) is -0.402. The number of amides is 3. The topological polar surface area (TPSA) is 106 Å². The van der Waals surface area contributed by atoms with E-state index in [0.717, 1.165) is 11.1 Å². The van der Waals surface area contributed by atoms with E-state index in [2.05, 4.69) is 16.0 Å². The second kappa shape index (κ2) is 11.7. The fraction of sp³-hybridized carbons (Fsp3) is 0.375. The van der Waals surface area contributed by atoms with Crippen LogP contribution in [0.25, 0.3) is 0 Å². The first-order chi connectivity index (χ1) is 15.1. The van der Waals surface area contributed by atoms with Gasteiger partial charge >= 0.3 is 6.09 Å². The summed E-state index contributed by atoms with van der Waals surface area (Å²) in [7, 11) is 0. The molecule has 0 fully saturated rings. The fourth-order valence-electron chi connectivity index (χ4n) is 2.57. The molecule has 0 spiro atoms. The Morgan fingerprint density at radius 3 is 2.16 bits per heavy atom. The van der Waals surface area contributed by atoms with Crippen molar-refractivity contribution in [1.82, 2.24) is 10.6 Å². The molecular formula is C24H31N3O5. The van der Waals surface area contributed by atoms with Gasteiger partial charge in [-0.05, 0) is 57.5 Å². The molecule has 2 rings (SSSR count). The van der Waals surface area contributed by atoms with E-state index in [1.807, 2.05) is 43.3 Å². The number of nitrogens with one attached hydrogen (secondary N) is 3. The highest BCUT2D eigenvalue weighted by Gasteiger charge is 2.15. The fourth-order valence-corrected chi connectivity index (χ4v) is 2.57. The highest BCUT2D eigenvalue weighted by atomic mass is 16.6. The summed E-state index contributed by atoms with van der Waals surface area (Å²) in [6, 6.07) is 14.6. The molecule has 32 heavy (non-hydrogen) atoms. The molecule has 0 aliphatic carbocycles. The van der Waals surface area contributed by atoms with Gasteiger partial charge in [-0.2, -0.15) is 0 Å². The van der Waals surface area contributed by atoms with Crippen LogP contribution in [-0.2, 0) is 20.9 Å². The van der Waals surface area contributed by atoms with Gasteiger partial charge in [0.05, 0.1) is 0 Å². The van der Waals surface area contributed by atoms with Gasteiger partial charge in [-0.25, -0.2) is 4.79 Å². The second-order valence-corrected chi connectivity index (χ2v) is 8.30. The van der Waals surface area contributed by atoms with Crippen LogP contribution in [0.1, 0.15) is 38.3 Å². The van der Waals surface area contributed by atoms with Crippen LogP contribution in [0.15, 0.2) is 48.5 Å². The number of carbonyl (C=O) groups excluding carboxylic acids is 3. The smallest absolute Gasteiger partial charge is 0.407 e. The van der Waals surface area contributed by atoms with E-state index in [0.29, 0.717) is 18.0 Å². The summed E-state index contributed by atoms with van der Waals surface area (Å²) < 4.78 is 10.6. The molecule has 8 heteroatoms. The van der Waals surface area contributed by atoms with E-state index in [4.69, 9.17) is 9.47 Å². The monoisotopic (exact) mass is 441 g/mol. The maximum Gasteiger partial charge on any atom is 0.407 e. The number of benzene rings is 2. The molecule has 0 aliphatic heterocycles. The highest BCUT2D eigenvalue weighted by Crippen LogP contribution is 2.12. The van der Waals surface area contributed by atoms with Crippen molar-refractivity contribution >= 4 is 23.6 Å². The molecular weight excluding hydrogens is 410 g/mol. The van der Waals surface area contributed by atoms with Crippen molar-refractivity contribution in [2.24, 2.45) is 0 Å². The number of carbonyl (C=O) groups is 3. The van der Waals surface area contributed by atoms with Gasteiger partial charge < -0.3 is 25.4 Å². The van der Waals surface area contributed by atoms with Gasteiger partial charge in [-0.1, -0.05) is 29.8 Å². The number of rotatable bonds is 9. The molecule has 172 valence electrons. The van der Waals surface area contributed by atoms with E-state index in [1.54, 1.807) is 32.9 Å². The Morgan fingerprint density at radius 2 is 1.53 bits per heavy atom. The molecule has 0 saturated carbocycles. The normalized spacial score (nSPS) is 10.8. The van der Waals surface area contributed by atoms with Crippen molar-refractivity contribution < 1.29 is 23.9 Å². The Bertz CT molecular complexity index is 903. The molecule has 0 aliphatic rings. The third-order valence-electron chi connectivity index (χ3n) is 4.14. The maximum absolute atomic E-state index is 12.0. The molecule has 0 aromatic heterocycles. The van der Waals surface area contributed by atoms with Gasteiger partial charge in [0.2, 0.25) is 5.91 Å². The third-order valence-corrected chi connectivity index (χ3v) is 4.14. The molecule has 0 saturated heterocycles. The number of hydrogen-bond acceptors (Lipinski definition) is 5. The number of anilines is 1. The Kier molecular flexibility index (Phi) is 9.07. The third kappa shape index (κ3) is 9.97. The number of ether oxygens (including phenoxy) is 2. The average Bonchev–Trinajstić information content (AvgIpc) is 2.71. The van der Waals surface area contributed by atoms with E-state index in [-0.39, 0.29) is 31.4 Å². The van der Waals surface area contributed by atoms with Gasteiger partial charge in [-0.3, -0.25) is 9.59 Å². The molecule has 0 atom stereocenters. The van der Waals surface area contributed by atoms with Crippen LogP contribution in [0.3, 0.4) is 0 Å². The van der Waals surface area contributed by atoms with Crippen LogP contribution in [0, 0.1) is 6.92 Å². The summed E-state index contributed by atoms with van der Waals surface area (Å²) in [6.45, 7) is 7.75. The van der Waals surface area contributed by atoms with Crippen LogP contribution in [0.4, 0.5) is 10.5 Å². The summed E-state index contributed by atoms with van der Waals surface area (Å²) in [5.41, 5.74) is 2.06. The zero-order chi connectivity index (χ0) is 23.6. The SMILES string of the molecule is Cc1ccc(OCC(=O)Nc2ccc(CNC(=O)CCNC(=O)OC(C)(C)C)cc2)cc1. The standard InChI is InChI=1S/C24H31N3O5/c1-17-5-11-20(12-6-17)31-16-22(29)27-19-9-7-18(8-10-19)15-26-21(28)13-14-25-23(30)32-24(2,3)4/h5-12H,13-16H2,1-4H3,(H,25,30)(H,26,28)(H,27,29). The van der Waals surface area contributed by atoms with Crippen LogP contribution in [-0.4, -0.2) is 36.7 Å². The number of hydrogen-bond donors (Lipinski definition) is 3. The molecule has 8 nitrogen and oxygen atoms in total. The molecule has 0 radical (unpaired) electrons. The van der Waals surface area contributed by atoms with Crippen molar-refractivity contribution in [2.75, 3.05) is 18.5 Å². The Balaban J connectivity index is 1.66. The lowest BCUT2D eigenvalue weighted by molar-refractivity contribution is -0.121. The van der Waals surface area contributed by atoms with Crippen molar-refractivity contribution in [3.63, 3.8) is 0 Å². The molecule has 3 N–H and O–H groups in total. The minimum atomic E-state index is -0.577. The van der Waals surface area contributed by atoms with Crippen LogP contribution in [0.5, 0.6) is 5.75 Å². The first kappa shape index (κ1) is 24.7. The summed E-state index contributed by atoms with van der Waals surface area (Å²) in [4.78, 5) is 35.5. The lowest BCUT2D eigenvalue weighted by atomic mass is 10.2. The average molecular weight is 442 g/mol. The first-order valence-corrected chi connectivity index (χ1v) is 10.4. The quantitative estimate of drug-likeness (QED) is 0.552. The predicted octanol–water partition coefficient (Wildman–Crippen LogP) is 3.54. The van der Waals surface area contributed by atoms with Crippen LogP contribution >= 0.6 is 0 Å². The van der Waals surface area contributed by atoms with Crippen molar-refractivity contribution in [1.29, 1.82) is 0 Å². The van der Waals surface area contributed by atoms with Crippen LogP contribution < -0.4 is 20.7 Å². The van der Waals surface area contributed by atoms with Crippen LogP contribution in [0.2, 0.25) is 0 Å². The Hall–Kier alpha value is -3.55. The van der Waals surface area contributed by atoms with E-state index < -0.39 is 11.7 Å². The maximum atomic E-state index is 12.0. The Morgan fingerprint density at radius 1 is 0.875 bits per heavy atom. The van der Waals surface area contributed by atoms with Gasteiger partial charge in [0.25, 0.3) is 5.91 Å². The molecule has 0 bridgehead atoms. The molecule has 2 aromatic carbocycles. The van der Waals surface area contributed by atoms with Crippen molar-refractivity contribution in [2.45, 2.75) is 46.3 Å². The van der Waals surface area contributed by atoms with E-state index in [9.17, 15) is 14.4 Å². The first-order valence-electron chi connectivity index (χ1n) is 10.4. The molecule has 2 aromatic rings. The minimum absolute atomic E-state index is 0.0851. The lowest BCUT2D eigenvalue weighted by Gasteiger charge is -2.19. The molecule has 3 amide bonds. The largest absolute Gasteiger partial charge is 0.484 e. The Labute approximate surface area is 188 Å². The predicted molar refractivity (Wildman–Crippen MR) is 122 cm³/mol. The summed E-state index contributed by atoms with van der Waals surface area (Å²) >= 11 is 0. The zero-order valence-electron chi connectivity index (χ0n) is 19.0. The van der Waals surface area contributed by atoms with E-state index >= 15 is 0 Å². The highest BCUT2D eigenvalue weighted by molar-refractivity contribution is 5.91. The number of alkyl carbamates (subject to hydrolysis) is 1. The van der Waals surface area contributed by atoms with E-state index in [1.165, 1.54) is 0 Å². The molecule has 0 unspecified atom stereocenters. The summed E-state index contributed by atoms with van der Waals surface area (Å²) in [5, 5.41) is 8.10. The summed E-state index contributed by atoms with van der Waals surface area (Å²) in [5.74, 6) is 0.189. The lowest BCUT2D eigenvalue weighted by Crippen LogP contribution is -2.35. The van der Waals surface area contributed by atoms with Gasteiger partial charge in [-0.15, -0.1) is 0 Å². The molecule has 0 heterocycles. The zero-order valence-corrected chi connectivity index (χ0v) is 19.0. The minimum Gasteiger partial charge on any atom is -0.484 e. The van der Waals surface area contributed by atoms with Gasteiger partial charge in [0, 0.05) is 25.2 Å². The number of aryl methyl sites for hydroxylation is 1. The van der Waals surface area contributed by atoms with Gasteiger partial charge in [0.15, 0.2) is 6.61 Å². The van der Waals surface area contributed by atoms with Crippen molar-refractivity contribution in [3.8, 4) is 5.75 Å². The second-order valence-electron chi connectivity index (χ2n) is 8.30. The van der Waals surface area contributed by atoms with Crippen molar-refractivity contribution in [3.05, 3.63) is 59.7 Å².